The number of nitrogens with one attached hydrogen (secondary N) is 1. The second-order valence-corrected chi connectivity index (χ2v) is 11.3. The summed E-state index contributed by atoms with van der Waals surface area (Å²) < 4.78 is 18.9. The average molecular weight is 511 g/mol. The molecular weight excluding hydrogens is 472 g/mol. The molecule has 3 heterocycles. The number of anilines is 1. The molecule has 3 aromatic rings. The lowest BCUT2D eigenvalue weighted by Gasteiger charge is -2.37. The summed E-state index contributed by atoms with van der Waals surface area (Å²) in [7, 11) is 1.72. The summed E-state index contributed by atoms with van der Waals surface area (Å²) in [5.74, 6) is 2.55. The second-order valence-electron chi connectivity index (χ2n) is 11.3. The van der Waals surface area contributed by atoms with Crippen molar-refractivity contribution < 1.29 is 14.2 Å². The van der Waals surface area contributed by atoms with Gasteiger partial charge in [-0.2, -0.15) is 0 Å². The summed E-state index contributed by atoms with van der Waals surface area (Å²) >= 11 is 0. The SMILES string of the molecule is COc1cccc2c1-c1ccc3c(c1C(c1cccc(OCCN4CCCCC4)c1)O2)C(C)=CC(C)(C)N3. The monoisotopic (exact) mass is 510 g/mol. The number of hydrogen-bond acceptors (Lipinski definition) is 5. The smallest absolute Gasteiger partial charge is 0.150 e. The Hall–Kier alpha value is -3.44. The molecule has 198 valence electrons. The van der Waals surface area contributed by atoms with Crippen LogP contribution in [0.5, 0.6) is 17.2 Å². The van der Waals surface area contributed by atoms with E-state index in [-0.39, 0.29) is 11.6 Å². The van der Waals surface area contributed by atoms with E-state index in [9.17, 15) is 0 Å². The minimum atomic E-state index is -0.267. The number of rotatable bonds is 6. The predicted molar refractivity (Wildman–Crippen MR) is 154 cm³/mol. The number of benzene rings is 3. The maximum Gasteiger partial charge on any atom is 0.150 e. The standard InChI is InChI=1S/C33H38N2O3/c1-22-21-33(2,3)34-26-15-14-25-30-27(36-4)12-9-13-28(30)38-32(31(25)29(22)26)23-10-8-11-24(20-23)37-19-18-35-16-6-5-7-17-35/h8-15,20-21,32,34H,5-7,16-19H2,1-4H3. The molecule has 0 bridgehead atoms. The zero-order chi connectivity index (χ0) is 26.3. The third kappa shape index (κ3) is 4.64. The van der Waals surface area contributed by atoms with Crippen molar-refractivity contribution in [3.05, 3.63) is 77.4 Å². The average Bonchev–Trinajstić information content (AvgIpc) is 2.92. The minimum Gasteiger partial charge on any atom is -0.496 e. The van der Waals surface area contributed by atoms with Crippen molar-refractivity contribution in [1.82, 2.24) is 4.90 Å². The summed E-state index contributed by atoms with van der Waals surface area (Å²) in [4.78, 5) is 2.51. The van der Waals surface area contributed by atoms with Gasteiger partial charge >= 0.3 is 0 Å². The van der Waals surface area contributed by atoms with Crippen LogP contribution in [-0.4, -0.2) is 43.8 Å². The van der Waals surface area contributed by atoms with E-state index in [1.54, 1.807) is 7.11 Å². The van der Waals surface area contributed by atoms with Gasteiger partial charge in [0, 0.05) is 28.9 Å². The highest BCUT2D eigenvalue weighted by molar-refractivity contribution is 5.91. The van der Waals surface area contributed by atoms with Gasteiger partial charge in [0.25, 0.3) is 0 Å². The Morgan fingerprint density at radius 1 is 1.00 bits per heavy atom. The summed E-state index contributed by atoms with van der Waals surface area (Å²) in [6, 6.07) is 18.9. The van der Waals surface area contributed by atoms with Gasteiger partial charge in [0.1, 0.15) is 23.9 Å². The van der Waals surface area contributed by atoms with Gasteiger partial charge in [0.15, 0.2) is 6.10 Å². The number of allylic oxidation sites excluding steroid dienone is 1. The molecular formula is C33H38N2O3. The van der Waals surface area contributed by atoms with Crippen LogP contribution in [0.1, 0.15) is 62.8 Å². The van der Waals surface area contributed by atoms with Crippen LogP contribution in [0.4, 0.5) is 5.69 Å². The van der Waals surface area contributed by atoms with Crippen LogP contribution in [0.3, 0.4) is 0 Å². The van der Waals surface area contributed by atoms with Crippen LogP contribution < -0.4 is 19.5 Å². The molecule has 3 aliphatic rings. The first-order chi connectivity index (χ1) is 18.4. The van der Waals surface area contributed by atoms with E-state index >= 15 is 0 Å². The van der Waals surface area contributed by atoms with Gasteiger partial charge in [-0.25, -0.2) is 0 Å². The highest BCUT2D eigenvalue weighted by Crippen LogP contribution is 2.53. The fourth-order valence-electron chi connectivity index (χ4n) is 6.34. The van der Waals surface area contributed by atoms with Crippen LogP contribution in [0.2, 0.25) is 0 Å². The number of fused-ring (bicyclic) bond motifs is 5. The van der Waals surface area contributed by atoms with Gasteiger partial charge in [-0.15, -0.1) is 0 Å². The van der Waals surface area contributed by atoms with Gasteiger partial charge in [0.2, 0.25) is 0 Å². The second kappa shape index (κ2) is 10.0. The van der Waals surface area contributed by atoms with Crippen LogP contribution >= 0.6 is 0 Å². The lowest BCUT2D eigenvalue weighted by atomic mass is 9.80. The molecule has 0 aliphatic carbocycles. The highest BCUT2D eigenvalue weighted by atomic mass is 16.5. The molecule has 0 spiro atoms. The zero-order valence-corrected chi connectivity index (χ0v) is 23.0. The van der Waals surface area contributed by atoms with Crippen molar-refractivity contribution >= 4 is 11.3 Å². The van der Waals surface area contributed by atoms with Crippen molar-refractivity contribution in [3.63, 3.8) is 0 Å². The minimum absolute atomic E-state index is 0.117. The van der Waals surface area contributed by atoms with Crippen molar-refractivity contribution in [2.75, 3.05) is 38.7 Å². The molecule has 1 fully saturated rings. The van der Waals surface area contributed by atoms with Gasteiger partial charge in [-0.1, -0.05) is 36.8 Å². The molecule has 3 aromatic carbocycles. The molecule has 0 aromatic heterocycles. The number of likely N-dealkylation sites (tertiary alicyclic amines) is 1. The largest absolute Gasteiger partial charge is 0.496 e. The molecule has 38 heavy (non-hydrogen) atoms. The van der Waals surface area contributed by atoms with Gasteiger partial charge in [-0.3, -0.25) is 4.90 Å². The molecule has 6 rings (SSSR count). The topological polar surface area (TPSA) is 43.0 Å². The molecule has 0 amide bonds. The summed E-state index contributed by atoms with van der Waals surface area (Å²) in [6.45, 7) is 10.6. The maximum absolute atomic E-state index is 6.81. The van der Waals surface area contributed by atoms with Crippen molar-refractivity contribution in [2.24, 2.45) is 0 Å². The number of nitrogens with zero attached hydrogens (tertiary/aromatic N) is 1. The van der Waals surface area contributed by atoms with E-state index in [2.05, 4.69) is 73.5 Å². The van der Waals surface area contributed by atoms with E-state index in [4.69, 9.17) is 14.2 Å². The first-order valence-electron chi connectivity index (χ1n) is 13.9. The fourth-order valence-corrected chi connectivity index (χ4v) is 6.34. The van der Waals surface area contributed by atoms with Crippen LogP contribution in [0, 0.1) is 0 Å². The Balaban J connectivity index is 1.39. The van der Waals surface area contributed by atoms with E-state index < -0.39 is 0 Å². The number of ether oxygens (including phenoxy) is 3. The van der Waals surface area contributed by atoms with Crippen molar-refractivity contribution in [1.29, 1.82) is 0 Å². The molecule has 0 saturated carbocycles. The molecule has 3 aliphatic heterocycles. The Kier molecular flexibility index (Phi) is 6.56. The van der Waals surface area contributed by atoms with E-state index in [1.165, 1.54) is 49.1 Å². The maximum atomic E-state index is 6.81. The van der Waals surface area contributed by atoms with Gasteiger partial charge < -0.3 is 19.5 Å². The number of piperidine rings is 1. The predicted octanol–water partition coefficient (Wildman–Crippen LogP) is 7.32. The third-order valence-corrected chi connectivity index (χ3v) is 7.94. The lowest BCUT2D eigenvalue weighted by Crippen LogP contribution is -2.33. The molecule has 1 saturated heterocycles. The Morgan fingerprint density at radius 3 is 2.63 bits per heavy atom. The molecule has 0 radical (unpaired) electrons. The number of hydrogen-bond donors (Lipinski definition) is 1. The summed E-state index contributed by atoms with van der Waals surface area (Å²) in [6.07, 6.45) is 5.98. The lowest BCUT2D eigenvalue weighted by molar-refractivity contribution is 0.183. The summed E-state index contributed by atoms with van der Waals surface area (Å²) in [5, 5.41) is 3.72. The van der Waals surface area contributed by atoms with Gasteiger partial charge in [0.05, 0.1) is 18.2 Å². The zero-order valence-electron chi connectivity index (χ0n) is 23.0. The Morgan fingerprint density at radius 2 is 1.82 bits per heavy atom. The van der Waals surface area contributed by atoms with E-state index in [0.29, 0.717) is 6.61 Å². The Bertz CT molecular complexity index is 1370. The molecule has 5 heteroatoms. The quantitative estimate of drug-likeness (QED) is 0.376. The third-order valence-electron chi connectivity index (χ3n) is 7.94. The Labute approximate surface area is 226 Å². The van der Waals surface area contributed by atoms with Gasteiger partial charge in [-0.05, 0) is 88.2 Å². The number of methoxy groups -OCH3 is 1. The first kappa shape index (κ1) is 24.9. The van der Waals surface area contributed by atoms with Crippen molar-refractivity contribution in [2.45, 2.75) is 51.7 Å². The normalized spacial score (nSPS) is 19.7. The molecule has 5 nitrogen and oxygen atoms in total. The van der Waals surface area contributed by atoms with E-state index in [0.717, 1.165) is 46.2 Å². The van der Waals surface area contributed by atoms with Crippen LogP contribution in [0.15, 0.2) is 60.7 Å². The first-order valence-corrected chi connectivity index (χ1v) is 13.9. The van der Waals surface area contributed by atoms with Crippen LogP contribution in [0.25, 0.3) is 16.7 Å². The molecule has 1 unspecified atom stereocenters. The van der Waals surface area contributed by atoms with E-state index in [1.807, 2.05) is 18.2 Å². The van der Waals surface area contributed by atoms with Crippen LogP contribution in [-0.2, 0) is 0 Å². The summed E-state index contributed by atoms with van der Waals surface area (Å²) in [5.41, 5.74) is 7.89. The fraction of sp³-hybridized carbons (Fsp3) is 0.394. The highest BCUT2D eigenvalue weighted by Gasteiger charge is 2.35. The molecule has 1 atom stereocenters. The van der Waals surface area contributed by atoms with Crippen molar-refractivity contribution in [3.8, 4) is 28.4 Å². The molecule has 1 N–H and O–H groups in total.